The first-order chi connectivity index (χ1) is 8.50. The van der Waals surface area contributed by atoms with Crippen molar-refractivity contribution in [2.45, 2.75) is 25.9 Å². The summed E-state index contributed by atoms with van der Waals surface area (Å²) < 4.78 is 28.0. The van der Waals surface area contributed by atoms with Gasteiger partial charge in [-0.25, -0.2) is 8.42 Å². The maximum atomic E-state index is 11.5. The topological polar surface area (TPSA) is 63.4 Å². The van der Waals surface area contributed by atoms with Gasteiger partial charge in [-0.1, -0.05) is 11.1 Å². The van der Waals surface area contributed by atoms with Crippen LogP contribution < -0.4 is 0 Å². The molecule has 98 valence electrons. The molecule has 1 fully saturated rings. The van der Waals surface area contributed by atoms with E-state index in [1.165, 1.54) is 0 Å². The average molecular weight is 268 g/mol. The van der Waals surface area contributed by atoms with Gasteiger partial charge in [0.25, 0.3) is 0 Å². The molecule has 5 nitrogen and oxygen atoms in total. The molecule has 1 atom stereocenters. The summed E-state index contributed by atoms with van der Waals surface area (Å²) in [4.78, 5) is 1.97. The Bertz CT molecular complexity index is 556. The summed E-state index contributed by atoms with van der Waals surface area (Å²) >= 11 is 0. The van der Waals surface area contributed by atoms with Gasteiger partial charge in [0.15, 0.2) is 9.84 Å². The molecule has 0 amide bonds. The normalized spacial score (nSPS) is 22.2. The lowest BCUT2D eigenvalue weighted by molar-refractivity contribution is 0.223. The minimum absolute atomic E-state index is 0.0111. The van der Waals surface area contributed by atoms with Crippen molar-refractivity contribution in [3.63, 3.8) is 0 Å². The Morgan fingerprint density at radius 1 is 1.67 bits per heavy atom. The van der Waals surface area contributed by atoms with Gasteiger partial charge in [-0.15, -0.1) is 6.42 Å². The Labute approximate surface area is 107 Å². The van der Waals surface area contributed by atoms with Crippen molar-refractivity contribution in [3.05, 3.63) is 17.5 Å². The lowest BCUT2D eigenvalue weighted by atomic mass is 10.2. The molecule has 1 aliphatic heterocycles. The third-order valence-corrected chi connectivity index (χ3v) is 4.81. The number of rotatable bonds is 4. The molecule has 18 heavy (non-hydrogen) atoms. The van der Waals surface area contributed by atoms with Crippen LogP contribution in [0.1, 0.15) is 17.9 Å². The standard InChI is InChI=1S/C12H16N2O3S/c1-3-5-14(8-11-7-10(2)17-13-11)12-4-6-18(15,16)9-12/h1,7,12H,4-6,8-9H2,2H3/t12-/m0/s1. The molecule has 1 saturated heterocycles. The molecule has 6 heteroatoms. The Morgan fingerprint density at radius 3 is 2.94 bits per heavy atom. The molecule has 0 aromatic carbocycles. The van der Waals surface area contributed by atoms with Crippen LogP contribution in [0.4, 0.5) is 0 Å². The highest BCUT2D eigenvalue weighted by molar-refractivity contribution is 7.91. The van der Waals surface area contributed by atoms with Crippen LogP contribution in [-0.4, -0.2) is 42.6 Å². The SMILES string of the molecule is C#CCN(Cc1cc(C)on1)[C@H]1CCS(=O)(=O)C1. The second-order valence-electron chi connectivity index (χ2n) is 4.59. The molecule has 0 saturated carbocycles. The quantitative estimate of drug-likeness (QED) is 0.748. The van der Waals surface area contributed by atoms with Crippen LogP contribution in [0, 0.1) is 19.3 Å². The number of aryl methyl sites for hydroxylation is 1. The van der Waals surface area contributed by atoms with Crippen molar-refractivity contribution >= 4 is 9.84 Å². The molecular weight excluding hydrogens is 252 g/mol. The maximum Gasteiger partial charge on any atom is 0.151 e. The smallest absolute Gasteiger partial charge is 0.151 e. The summed E-state index contributed by atoms with van der Waals surface area (Å²) in [6, 6.07) is 1.83. The summed E-state index contributed by atoms with van der Waals surface area (Å²) in [5.74, 6) is 3.74. The van der Waals surface area contributed by atoms with Crippen LogP contribution >= 0.6 is 0 Å². The van der Waals surface area contributed by atoms with Gasteiger partial charge in [0, 0.05) is 18.7 Å². The van der Waals surface area contributed by atoms with E-state index in [1.54, 1.807) is 0 Å². The van der Waals surface area contributed by atoms with Crippen LogP contribution in [0.15, 0.2) is 10.6 Å². The lowest BCUT2D eigenvalue weighted by Crippen LogP contribution is -2.36. The zero-order valence-corrected chi connectivity index (χ0v) is 11.1. The highest BCUT2D eigenvalue weighted by Gasteiger charge is 2.32. The minimum Gasteiger partial charge on any atom is -0.361 e. The van der Waals surface area contributed by atoms with Gasteiger partial charge in [-0.2, -0.15) is 0 Å². The molecule has 1 aromatic rings. The van der Waals surface area contributed by atoms with Crippen LogP contribution in [0.5, 0.6) is 0 Å². The van der Waals surface area contributed by atoms with Crippen molar-refractivity contribution in [2.75, 3.05) is 18.1 Å². The van der Waals surface area contributed by atoms with Crippen LogP contribution in [0.2, 0.25) is 0 Å². The molecule has 0 bridgehead atoms. The fraction of sp³-hybridized carbons (Fsp3) is 0.583. The van der Waals surface area contributed by atoms with E-state index in [4.69, 9.17) is 10.9 Å². The van der Waals surface area contributed by atoms with Gasteiger partial charge in [0.2, 0.25) is 0 Å². The molecule has 1 aliphatic rings. The second-order valence-corrected chi connectivity index (χ2v) is 6.82. The fourth-order valence-electron chi connectivity index (χ4n) is 2.20. The lowest BCUT2D eigenvalue weighted by Gasteiger charge is -2.24. The molecule has 0 spiro atoms. The van der Waals surface area contributed by atoms with Crippen molar-refractivity contribution in [1.82, 2.24) is 10.1 Å². The predicted molar refractivity (Wildman–Crippen MR) is 67.5 cm³/mol. The Kier molecular flexibility index (Phi) is 3.73. The summed E-state index contributed by atoms with van der Waals surface area (Å²) in [6.45, 7) is 2.77. The van der Waals surface area contributed by atoms with E-state index in [0.717, 1.165) is 11.5 Å². The van der Waals surface area contributed by atoms with E-state index >= 15 is 0 Å². The van der Waals surface area contributed by atoms with Gasteiger partial charge in [-0.3, -0.25) is 4.90 Å². The van der Waals surface area contributed by atoms with Gasteiger partial charge >= 0.3 is 0 Å². The number of terminal acetylenes is 1. The molecule has 0 aliphatic carbocycles. The molecule has 0 radical (unpaired) electrons. The van der Waals surface area contributed by atoms with Crippen molar-refractivity contribution in [2.24, 2.45) is 0 Å². The van der Waals surface area contributed by atoms with E-state index < -0.39 is 9.84 Å². The average Bonchev–Trinajstić information content (AvgIpc) is 2.84. The monoisotopic (exact) mass is 268 g/mol. The summed E-state index contributed by atoms with van der Waals surface area (Å²) in [5, 5.41) is 3.91. The molecular formula is C12H16N2O3S. The van der Waals surface area contributed by atoms with Gasteiger partial charge in [0.1, 0.15) is 5.76 Å². The Morgan fingerprint density at radius 2 is 2.44 bits per heavy atom. The maximum absolute atomic E-state index is 11.5. The fourth-order valence-corrected chi connectivity index (χ4v) is 3.96. The zero-order chi connectivity index (χ0) is 13.2. The van der Waals surface area contributed by atoms with E-state index in [0.29, 0.717) is 19.5 Å². The van der Waals surface area contributed by atoms with Crippen LogP contribution in [-0.2, 0) is 16.4 Å². The van der Waals surface area contributed by atoms with E-state index in [2.05, 4.69) is 11.1 Å². The molecule has 1 aromatic heterocycles. The van der Waals surface area contributed by atoms with E-state index in [-0.39, 0.29) is 17.5 Å². The third-order valence-electron chi connectivity index (χ3n) is 3.06. The summed E-state index contributed by atoms with van der Waals surface area (Å²) in [6.07, 6.45) is 5.98. The minimum atomic E-state index is -2.90. The zero-order valence-electron chi connectivity index (χ0n) is 10.3. The summed E-state index contributed by atoms with van der Waals surface area (Å²) in [7, 11) is -2.90. The molecule has 2 heterocycles. The van der Waals surface area contributed by atoms with Gasteiger partial charge in [-0.05, 0) is 13.3 Å². The van der Waals surface area contributed by atoms with E-state index in [9.17, 15) is 8.42 Å². The molecule has 2 rings (SSSR count). The van der Waals surface area contributed by atoms with Crippen molar-refractivity contribution in [3.8, 4) is 12.3 Å². The third kappa shape index (κ3) is 3.12. The summed E-state index contributed by atoms with van der Waals surface area (Å²) in [5.41, 5.74) is 0.784. The highest BCUT2D eigenvalue weighted by atomic mass is 32.2. The number of sulfone groups is 1. The Hall–Kier alpha value is -1.32. The van der Waals surface area contributed by atoms with Gasteiger partial charge in [0.05, 0.1) is 23.7 Å². The first kappa shape index (κ1) is 13.1. The first-order valence-corrected chi connectivity index (χ1v) is 7.62. The van der Waals surface area contributed by atoms with Gasteiger partial charge < -0.3 is 4.52 Å². The second kappa shape index (κ2) is 5.12. The molecule has 0 unspecified atom stereocenters. The van der Waals surface area contributed by atoms with Crippen LogP contribution in [0.3, 0.4) is 0 Å². The van der Waals surface area contributed by atoms with Crippen molar-refractivity contribution in [1.29, 1.82) is 0 Å². The highest BCUT2D eigenvalue weighted by Crippen LogP contribution is 2.19. The molecule has 0 N–H and O–H groups in total. The van der Waals surface area contributed by atoms with E-state index in [1.807, 2.05) is 17.9 Å². The van der Waals surface area contributed by atoms with Crippen molar-refractivity contribution < 1.29 is 12.9 Å². The number of aromatic nitrogens is 1. The number of nitrogens with zero attached hydrogens (tertiary/aromatic N) is 2. The Balaban J connectivity index is 2.07. The largest absolute Gasteiger partial charge is 0.361 e. The van der Waals surface area contributed by atoms with Crippen LogP contribution in [0.25, 0.3) is 0 Å². The number of hydrogen-bond donors (Lipinski definition) is 0. The first-order valence-electron chi connectivity index (χ1n) is 5.80. The predicted octanol–water partition coefficient (Wildman–Crippen LogP) is 0.605. The number of hydrogen-bond acceptors (Lipinski definition) is 5.